The van der Waals surface area contributed by atoms with E-state index in [2.05, 4.69) is 0 Å². The zero-order valence-corrected chi connectivity index (χ0v) is 12.5. The molecule has 1 unspecified atom stereocenters. The van der Waals surface area contributed by atoms with Crippen molar-refractivity contribution in [3.8, 4) is 5.75 Å². The van der Waals surface area contributed by atoms with Crippen molar-refractivity contribution < 1.29 is 22.3 Å². The molecule has 7 heteroatoms. The lowest BCUT2D eigenvalue weighted by atomic mass is 10.1. The number of hydrogen-bond donors (Lipinski definition) is 1. The van der Waals surface area contributed by atoms with Gasteiger partial charge in [0.15, 0.2) is 0 Å². The number of benzene rings is 2. The van der Waals surface area contributed by atoms with Crippen LogP contribution in [0.3, 0.4) is 0 Å². The smallest absolute Gasteiger partial charge is 0.279 e. The molecule has 0 radical (unpaired) electrons. The fourth-order valence-corrected chi connectivity index (χ4v) is 2.29. The molecule has 0 aromatic heterocycles. The number of ether oxygens (including phenoxy) is 1. The van der Waals surface area contributed by atoms with Gasteiger partial charge in [-0.25, -0.2) is 17.5 Å². The summed E-state index contributed by atoms with van der Waals surface area (Å²) in [7, 11) is -3.73. The second-order valence-electron chi connectivity index (χ2n) is 4.60. The minimum atomic E-state index is -3.73. The van der Waals surface area contributed by atoms with Crippen LogP contribution in [0.1, 0.15) is 11.7 Å². The number of carbonyl (C=O) groups is 1. The van der Waals surface area contributed by atoms with Gasteiger partial charge in [0.05, 0.1) is 6.26 Å². The maximum Gasteiger partial charge on any atom is 0.279 e. The number of rotatable bonds is 5. The molecule has 0 spiro atoms. The first-order valence-electron chi connectivity index (χ1n) is 6.34. The first-order chi connectivity index (χ1) is 10.3. The highest BCUT2D eigenvalue weighted by atomic mass is 32.2. The summed E-state index contributed by atoms with van der Waals surface area (Å²) in [6.45, 7) is 0. The van der Waals surface area contributed by atoms with Crippen LogP contribution in [0.25, 0.3) is 0 Å². The highest BCUT2D eigenvalue weighted by Crippen LogP contribution is 2.23. The van der Waals surface area contributed by atoms with Crippen molar-refractivity contribution in [1.82, 2.24) is 4.72 Å². The van der Waals surface area contributed by atoms with Crippen molar-refractivity contribution >= 4 is 15.9 Å². The second kappa shape index (κ2) is 6.57. The normalized spacial score (nSPS) is 12.5. The molecule has 2 rings (SSSR count). The van der Waals surface area contributed by atoms with E-state index in [1.165, 1.54) is 18.2 Å². The topological polar surface area (TPSA) is 72.5 Å². The van der Waals surface area contributed by atoms with Gasteiger partial charge < -0.3 is 4.74 Å². The van der Waals surface area contributed by atoms with Crippen LogP contribution in [0.5, 0.6) is 5.75 Å². The van der Waals surface area contributed by atoms with Gasteiger partial charge >= 0.3 is 0 Å². The van der Waals surface area contributed by atoms with Gasteiger partial charge in [0, 0.05) is 11.6 Å². The van der Waals surface area contributed by atoms with Gasteiger partial charge in [0.25, 0.3) is 5.91 Å². The molecule has 2 aromatic carbocycles. The number of nitrogens with one attached hydrogen (secondary N) is 1. The molecule has 0 saturated heterocycles. The number of hydrogen-bond acceptors (Lipinski definition) is 4. The van der Waals surface area contributed by atoms with E-state index >= 15 is 0 Å². The van der Waals surface area contributed by atoms with Crippen LogP contribution in [0.2, 0.25) is 0 Å². The number of amides is 1. The Kier molecular flexibility index (Phi) is 4.77. The van der Waals surface area contributed by atoms with Crippen molar-refractivity contribution in [2.75, 3.05) is 6.26 Å². The van der Waals surface area contributed by atoms with Crippen LogP contribution >= 0.6 is 0 Å². The molecule has 0 bridgehead atoms. The molecular formula is C15H14FNO4S. The van der Waals surface area contributed by atoms with Gasteiger partial charge in [-0.15, -0.1) is 0 Å². The molecule has 22 heavy (non-hydrogen) atoms. The standard InChI is InChI=1S/C15H14FNO4S/c1-22(19,20)17-15(18)14(11-6-3-2-4-7-11)21-13-9-5-8-12(16)10-13/h2-10,14H,1H3,(H,17,18). The van der Waals surface area contributed by atoms with E-state index in [-0.39, 0.29) is 5.75 Å². The molecule has 0 aliphatic carbocycles. The van der Waals surface area contributed by atoms with Crippen LogP contribution < -0.4 is 9.46 Å². The Morgan fingerprint density at radius 1 is 1.14 bits per heavy atom. The third kappa shape index (κ3) is 4.56. The predicted molar refractivity (Wildman–Crippen MR) is 79.2 cm³/mol. The molecule has 1 atom stereocenters. The highest BCUT2D eigenvalue weighted by Gasteiger charge is 2.25. The summed E-state index contributed by atoms with van der Waals surface area (Å²) < 4.78 is 43.0. The second-order valence-corrected chi connectivity index (χ2v) is 6.35. The van der Waals surface area contributed by atoms with Gasteiger partial charge in [-0.05, 0) is 12.1 Å². The molecule has 0 heterocycles. The summed E-state index contributed by atoms with van der Waals surface area (Å²) >= 11 is 0. The highest BCUT2D eigenvalue weighted by molar-refractivity contribution is 7.89. The minimum absolute atomic E-state index is 0.123. The maximum absolute atomic E-state index is 13.2. The Labute approximate surface area is 127 Å². The average molecular weight is 323 g/mol. The van der Waals surface area contributed by atoms with Crippen LogP contribution in [-0.4, -0.2) is 20.6 Å². The molecule has 0 aliphatic rings. The van der Waals surface area contributed by atoms with E-state index < -0.39 is 27.9 Å². The molecular weight excluding hydrogens is 309 g/mol. The lowest BCUT2D eigenvalue weighted by molar-refractivity contribution is -0.126. The Morgan fingerprint density at radius 2 is 1.82 bits per heavy atom. The lowest BCUT2D eigenvalue weighted by Crippen LogP contribution is -2.36. The Morgan fingerprint density at radius 3 is 2.41 bits per heavy atom. The molecule has 0 fully saturated rings. The van der Waals surface area contributed by atoms with E-state index in [0.29, 0.717) is 5.56 Å². The molecule has 5 nitrogen and oxygen atoms in total. The van der Waals surface area contributed by atoms with Crippen molar-refractivity contribution in [2.45, 2.75) is 6.10 Å². The lowest BCUT2D eigenvalue weighted by Gasteiger charge is -2.18. The summed E-state index contributed by atoms with van der Waals surface area (Å²) in [4.78, 5) is 12.1. The Bertz CT molecular complexity index is 762. The number of sulfonamides is 1. The van der Waals surface area contributed by atoms with Gasteiger partial charge in [-0.3, -0.25) is 4.79 Å². The molecule has 2 aromatic rings. The molecule has 1 amide bonds. The third-order valence-electron chi connectivity index (χ3n) is 2.68. The fraction of sp³-hybridized carbons (Fsp3) is 0.133. The number of carbonyl (C=O) groups excluding carboxylic acids is 1. The van der Waals surface area contributed by atoms with Crippen molar-refractivity contribution in [1.29, 1.82) is 0 Å². The van der Waals surface area contributed by atoms with Crippen LogP contribution in [-0.2, 0) is 14.8 Å². The van der Waals surface area contributed by atoms with Crippen LogP contribution in [0.4, 0.5) is 4.39 Å². The monoisotopic (exact) mass is 323 g/mol. The van der Waals surface area contributed by atoms with E-state index in [4.69, 9.17) is 4.74 Å². The van der Waals surface area contributed by atoms with Crippen LogP contribution in [0.15, 0.2) is 54.6 Å². The van der Waals surface area contributed by atoms with Gasteiger partial charge in [0.1, 0.15) is 11.6 Å². The van der Waals surface area contributed by atoms with E-state index in [1.807, 2.05) is 4.72 Å². The summed E-state index contributed by atoms with van der Waals surface area (Å²) in [5.41, 5.74) is 0.452. The number of halogens is 1. The molecule has 0 saturated carbocycles. The zero-order valence-electron chi connectivity index (χ0n) is 11.7. The van der Waals surface area contributed by atoms with Crippen molar-refractivity contribution in [3.63, 3.8) is 0 Å². The van der Waals surface area contributed by atoms with Gasteiger partial charge in [0.2, 0.25) is 16.1 Å². The van der Waals surface area contributed by atoms with Crippen molar-refractivity contribution in [2.24, 2.45) is 0 Å². The van der Waals surface area contributed by atoms with Crippen molar-refractivity contribution in [3.05, 3.63) is 66.0 Å². The first-order valence-corrected chi connectivity index (χ1v) is 8.23. The zero-order chi connectivity index (χ0) is 16.2. The summed E-state index contributed by atoms with van der Waals surface area (Å²) in [6, 6.07) is 13.6. The predicted octanol–water partition coefficient (Wildman–Crippen LogP) is 2.02. The molecule has 0 aliphatic heterocycles. The minimum Gasteiger partial charge on any atom is -0.476 e. The van der Waals surface area contributed by atoms with E-state index in [1.54, 1.807) is 30.3 Å². The summed E-state index contributed by atoms with van der Waals surface area (Å²) in [6.07, 6.45) is -0.340. The summed E-state index contributed by atoms with van der Waals surface area (Å²) in [5, 5.41) is 0. The summed E-state index contributed by atoms with van der Waals surface area (Å²) in [5.74, 6) is -1.25. The van der Waals surface area contributed by atoms with Crippen LogP contribution in [0, 0.1) is 5.82 Å². The molecule has 1 N–H and O–H groups in total. The van der Waals surface area contributed by atoms with Gasteiger partial charge in [-0.2, -0.15) is 0 Å². The first kappa shape index (κ1) is 16.0. The average Bonchev–Trinajstić information content (AvgIpc) is 2.44. The Hall–Kier alpha value is -2.41. The third-order valence-corrected chi connectivity index (χ3v) is 3.25. The fourth-order valence-electron chi connectivity index (χ4n) is 1.81. The van der Waals surface area contributed by atoms with Gasteiger partial charge in [-0.1, -0.05) is 36.4 Å². The largest absolute Gasteiger partial charge is 0.476 e. The Balaban J connectivity index is 2.32. The van der Waals surface area contributed by atoms with E-state index in [0.717, 1.165) is 12.3 Å². The van der Waals surface area contributed by atoms with E-state index in [9.17, 15) is 17.6 Å². The maximum atomic E-state index is 13.2. The quantitative estimate of drug-likeness (QED) is 0.914. The molecule has 116 valence electrons. The SMILES string of the molecule is CS(=O)(=O)NC(=O)C(Oc1cccc(F)c1)c1ccccc1.